The number of benzene rings is 2. The highest BCUT2D eigenvalue weighted by atomic mass is 19.1. The van der Waals surface area contributed by atoms with Crippen LogP contribution < -0.4 is 10.6 Å². The van der Waals surface area contributed by atoms with Gasteiger partial charge >= 0.3 is 0 Å². The Bertz CT molecular complexity index is 742. The van der Waals surface area contributed by atoms with Crippen LogP contribution in [0, 0.1) is 24.5 Å². The summed E-state index contributed by atoms with van der Waals surface area (Å²) in [5, 5.41) is 5.94. The number of aryl methyl sites for hydroxylation is 1. The van der Waals surface area contributed by atoms with Gasteiger partial charge in [0.25, 0.3) is 5.91 Å². The molecular formula is C18H18F2N2O. The maximum Gasteiger partial charge on any atom is 0.251 e. The SMILES string of the molecule is Cc1cc(F)ccc1-c1ccc(C(=O)NCC2CNC2)cc1F. The van der Waals surface area contributed by atoms with E-state index in [1.807, 2.05) is 0 Å². The summed E-state index contributed by atoms with van der Waals surface area (Å²) in [5.74, 6) is -0.672. The first-order valence-corrected chi connectivity index (χ1v) is 7.59. The lowest BCUT2D eigenvalue weighted by atomic mass is 9.98. The van der Waals surface area contributed by atoms with Crippen molar-refractivity contribution in [2.45, 2.75) is 6.92 Å². The van der Waals surface area contributed by atoms with Crippen LogP contribution in [0.15, 0.2) is 36.4 Å². The van der Waals surface area contributed by atoms with E-state index in [1.165, 1.54) is 18.2 Å². The molecule has 0 spiro atoms. The Hall–Kier alpha value is -2.27. The van der Waals surface area contributed by atoms with Crippen LogP contribution in [-0.4, -0.2) is 25.5 Å². The van der Waals surface area contributed by atoms with Crippen LogP contribution in [0.1, 0.15) is 15.9 Å². The summed E-state index contributed by atoms with van der Waals surface area (Å²) in [6.45, 7) is 4.12. The monoisotopic (exact) mass is 316 g/mol. The maximum absolute atomic E-state index is 14.4. The van der Waals surface area contributed by atoms with E-state index in [9.17, 15) is 13.6 Å². The molecule has 3 rings (SSSR count). The number of rotatable bonds is 4. The van der Waals surface area contributed by atoms with E-state index in [2.05, 4.69) is 10.6 Å². The quantitative estimate of drug-likeness (QED) is 0.911. The summed E-state index contributed by atoms with van der Waals surface area (Å²) in [6, 6.07) is 8.60. The molecule has 0 radical (unpaired) electrons. The summed E-state index contributed by atoms with van der Waals surface area (Å²) in [7, 11) is 0. The van der Waals surface area contributed by atoms with E-state index in [0.29, 0.717) is 34.7 Å². The van der Waals surface area contributed by atoms with Gasteiger partial charge in [-0.05, 0) is 42.3 Å². The van der Waals surface area contributed by atoms with Crippen molar-refractivity contribution >= 4 is 5.91 Å². The smallest absolute Gasteiger partial charge is 0.251 e. The highest BCUT2D eigenvalue weighted by molar-refractivity contribution is 5.94. The van der Waals surface area contributed by atoms with Gasteiger partial charge in [-0.2, -0.15) is 0 Å². The maximum atomic E-state index is 14.4. The van der Waals surface area contributed by atoms with Crippen LogP contribution in [0.5, 0.6) is 0 Å². The first-order valence-electron chi connectivity index (χ1n) is 7.59. The van der Waals surface area contributed by atoms with Crippen molar-refractivity contribution < 1.29 is 13.6 Å². The molecule has 2 aromatic carbocycles. The number of nitrogens with one attached hydrogen (secondary N) is 2. The molecule has 120 valence electrons. The van der Waals surface area contributed by atoms with Crippen molar-refractivity contribution in [3.05, 3.63) is 59.2 Å². The third-order valence-corrected chi connectivity index (χ3v) is 4.13. The number of hydrogen-bond acceptors (Lipinski definition) is 2. The van der Waals surface area contributed by atoms with Crippen LogP contribution in [-0.2, 0) is 0 Å². The predicted molar refractivity (Wildman–Crippen MR) is 85.2 cm³/mol. The molecule has 0 aliphatic carbocycles. The molecule has 0 saturated carbocycles. The summed E-state index contributed by atoms with van der Waals surface area (Å²) in [5.41, 5.74) is 1.93. The summed E-state index contributed by atoms with van der Waals surface area (Å²) < 4.78 is 27.5. The minimum Gasteiger partial charge on any atom is -0.352 e. The van der Waals surface area contributed by atoms with Gasteiger partial charge in [-0.1, -0.05) is 12.1 Å². The molecule has 1 fully saturated rings. The second-order valence-electron chi connectivity index (χ2n) is 5.89. The first kappa shape index (κ1) is 15.6. The van der Waals surface area contributed by atoms with Gasteiger partial charge in [-0.25, -0.2) is 8.78 Å². The molecular weight excluding hydrogens is 298 g/mol. The highest BCUT2D eigenvalue weighted by Gasteiger charge is 2.18. The van der Waals surface area contributed by atoms with Crippen LogP contribution in [0.3, 0.4) is 0 Å². The Morgan fingerprint density at radius 1 is 1.17 bits per heavy atom. The lowest BCUT2D eigenvalue weighted by Gasteiger charge is -2.27. The second kappa shape index (κ2) is 6.46. The third-order valence-electron chi connectivity index (χ3n) is 4.13. The fraction of sp³-hybridized carbons (Fsp3) is 0.278. The highest BCUT2D eigenvalue weighted by Crippen LogP contribution is 2.27. The minimum atomic E-state index is -0.488. The number of carbonyl (C=O) groups is 1. The van der Waals surface area contributed by atoms with E-state index >= 15 is 0 Å². The first-order chi connectivity index (χ1) is 11.0. The summed E-state index contributed by atoms with van der Waals surface area (Å²) in [4.78, 5) is 12.1. The molecule has 5 heteroatoms. The van der Waals surface area contributed by atoms with Gasteiger partial charge in [0.05, 0.1) is 0 Å². The van der Waals surface area contributed by atoms with Crippen molar-refractivity contribution in [1.82, 2.24) is 10.6 Å². The summed E-state index contributed by atoms with van der Waals surface area (Å²) in [6.07, 6.45) is 0. The zero-order valence-corrected chi connectivity index (χ0v) is 12.8. The van der Waals surface area contributed by atoms with E-state index in [4.69, 9.17) is 0 Å². The van der Waals surface area contributed by atoms with Crippen LogP contribution in [0.25, 0.3) is 11.1 Å². The van der Waals surface area contributed by atoms with Crippen LogP contribution >= 0.6 is 0 Å². The molecule has 3 nitrogen and oxygen atoms in total. The van der Waals surface area contributed by atoms with E-state index in [1.54, 1.807) is 25.1 Å². The van der Waals surface area contributed by atoms with E-state index in [0.717, 1.165) is 13.1 Å². The lowest BCUT2D eigenvalue weighted by molar-refractivity contribution is 0.0942. The van der Waals surface area contributed by atoms with Crippen molar-refractivity contribution in [2.75, 3.05) is 19.6 Å². The second-order valence-corrected chi connectivity index (χ2v) is 5.89. The van der Waals surface area contributed by atoms with Gasteiger partial charge in [-0.3, -0.25) is 4.79 Å². The Kier molecular flexibility index (Phi) is 4.39. The Morgan fingerprint density at radius 3 is 2.52 bits per heavy atom. The fourth-order valence-electron chi connectivity index (χ4n) is 2.64. The molecule has 0 bridgehead atoms. The lowest BCUT2D eigenvalue weighted by Crippen LogP contribution is -2.48. The van der Waals surface area contributed by atoms with Gasteiger partial charge in [0.2, 0.25) is 0 Å². The Labute approximate surface area is 133 Å². The molecule has 0 aromatic heterocycles. The van der Waals surface area contributed by atoms with Crippen molar-refractivity contribution in [2.24, 2.45) is 5.92 Å². The number of carbonyl (C=O) groups excluding carboxylic acids is 1. The number of halogens is 2. The van der Waals surface area contributed by atoms with Crippen molar-refractivity contribution in [3.63, 3.8) is 0 Å². The normalized spacial score (nSPS) is 14.4. The molecule has 1 amide bonds. The van der Waals surface area contributed by atoms with Gasteiger partial charge in [0.15, 0.2) is 0 Å². The largest absolute Gasteiger partial charge is 0.352 e. The zero-order chi connectivity index (χ0) is 16.4. The molecule has 0 atom stereocenters. The zero-order valence-electron chi connectivity index (χ0n) is 12.8. The van der Waals surface area contributed by atoms with E-state index in [-0.39, 0.29) is 11.7 Å². The number of hydrogen-bond donors (Lipinski definition) is 2. The Balaban J connectivity index is 1.78. The Morgan fingerprint density at radius 2 is 1.91 bits per heavy atom. The number of amides is 1. The van der Waals surface area contributed by atoms with Gasteiger partial charge in [-0.15, -0.1) is 0 Å². The molecule has 1 aliphatic heterocycles. The fourth-order valence-corrected chi connectivity index (χ4v) is 2.64. The average Bonchev–Trinajstić information content (AvgIpc) is 2.46. The van der Waals surface area contributed by atoms with Crippen LogP contribution in [0.2, 0.25) is 0 Å². The topological polar surface area (TPSA) is 41.1 Å². The minimum absolute atomic E-state index is 0.279. The molecule has 1 heterocycles. The third kappa shape index (κ3) is 3.40. The van der Waals surface area contributed by atoms with Crippen molar-refractivity contribution in [1.29, 1.82) is 0 Å². The predicted octanol–water partition coefficient (Wildman–Crippen LogP) is 2.89. The average molecular weight is 316 g/mol. The van der Waals surface area contributed by atoms with E-state index < -0.39 is 5.82 Å². The molecule has 0 unspecified atom stereocenters. The van der Waals surface area contributed by atoms with Crippen LogP contribution in [0.4, 0.5) is 8.78 Å². The van der Waals surface area contributed by atoms with Crippen molar-refractivity contribution in [3.8, 4) is 11.1 Å². The molecule has 2 aromatic rings. The van der Waals surface area contributed by atoms with Gasteiger partial charge < -0.3 is 10.6 Å². The molecule has 1 saturated heterocycles. The van der Waals surface area contributed by atoms with Gasteiger partial charge in [0, 0.05) is 36.7 Å². The molecule has 2 N–H and O–H groups in total. The standard InChI is InChI=1S/C18H18F2N2O/c1-11-6-14(19)3-5-15(11)16-4-2-13(7-17(16)20)18(23)22-10-12-8-21-9-12/h2-7,12,21H,8-10H2,1H3,(H,22,23). The molecule has 1 aliphatic rings. The molecule has 23 heavy (non-hydrogen) atoms. The van der Waals surface area contributed by atoms with Gasteiger partial charge in [0.1, 0.15) is 11.6 Å². The summed E-state index contributed by atoms with van der Waals surface area (Å²) >= 11 is 0.